The lowest BCUT2D eigenvalue weighted by molar-refractivity contribution is -0.106. The van der Waals surface area contributed by atoms with Crippen LogP contribution in [0.1, 0.15) is 58.9 Å². The van der Waals surface area contributed by atoms with Gasteiger partial charge in [0.15, 0.2) is 12.5 Å². The highest BCUT2D eigenvalue weighted by molar-refractivity contribution is 5.67. The highest BCUT2D eigenvalue weighted by atomic mass is 16.6. The zero-order valence-electron chi connectivity index (χ0n) is 19.3. The molecule has 0 aliphatic carbocycles. The summed E-state index contributed by atoms with van der Waals surface area (Å²) in [5.41, 5.74) is 0.992. The van der Waals surface area contributed by atoms with E-state index in [0.29, 0.717) is 19.5 Å². The summed E-state index contributed by atoms with van der Waals surface area (Å²) in [7, 11) is 0. The van der Waals surface area contributed by atoms with E-state index in [-0.39, 0.29) is 6.54 Å². The standard InChI is InChI=1S/C23H39N3O5/c1-5-7-14-24-22(28)30-18(3)26(19(4)31-23(29)25-15-8-6-2)17-21(27)16-20-12-10-9-11-13-20/h9-13,18-19,21,27H,5-8,14-17H2,1-4H3,(H,24,28)(H,25,29). The lowest BCUT2D eigenvalue weighted by atomic mass is 10.1. The Morgan fingerprint density at radius 1 is 0.935 bits per heavy atom. The molecule has 3 N–H and O–H groups in total. The first kappa shape index (κ1) is 26.7. The molecule has 3 atom stereocenters. The average molecular weight is 438 g/mol. The largest absolute Gasteiger partial charge is 0.430 e. The molecule has 0 saturated heterocycles. The molecule has 2 amide bonds. The fraction of sp³-hybridized carbons (Fsp3) is 0.652. The summed E-state index contributed by atoms with van der Waals surface area (Å²) in [6, 6.07) is 9.63. The highest BCUT2D eigenvalue weighted by Gasteiger charge is 2.28. The minimum Gasteiger partial charge on any atom is -0.430 e. The van der Waals surface area contributed by atoms with Crippen LogP contribution in [0.15, 0.2) is 30.3 Å². The topological polar surface area (TPSA) is 100 Å². The molecule has 8 heteroatoms. The third-order valence-electron chi connectivity index (χ3n) is 4.82. The van der Waals surface area contributed by atoms with Gasteiger partial charge in [-0.3, -0.25) is 0 Å². The second-order valence-corrected chi connectivity index (χ2v) is 7.61. The third-order valence-corrected chi connectivity index (χ3v) is 4.82. The van der Waals surface area contributed by atoms with Crippen LogP contribution in [0.5, 0.6) is 0 Å². The van der Waals surface area contributed by atoms with Crippen molar-refractivity contribution in [3.8, 4) is 0 Å². The van der Waals surface area contributed by atoms with Gasteiger partial charge in [0.05, 0.1) is 6.10 Å². The number of alkyl carbamates (subject to hydrolysis) is 2. The predicted molar refractivity (Wildman–Crippen MR) is 121 cm³/mol. The van der Waals surface area contributed by atoms with E-state index in [9.17, 15) is 14.7 Å². The third kappa shape index (κ3) is 11.6. The van der Waals surface area contributed by atoms with Gasteiger partial charge < -0.3 is 25.2 Å². The SMILES string of the molecule is CCCCNC(=O)OC(C)N(CC(O)Cc1ccccc1)C(C)OC(=O)NCCCC. The van der Waals surface area contributed by atoms with Crippen molar-refractivity contribution in [1.29, 1.82) is 0 Å². The van der Waals surface area contributed by atoms with Gasteiger partial charge in [0, 0.05) is 19.6 Å². The summed E-state index contributed by atoms with van der Waals surface area (Å²) in [6.07, 6.45) is 0.869. The molecule has 8 nitrogen and oxygen atoms in total. The quantitative estimate of drug-likeness (QED) is 0.304. The highest BCUT2D eigenvalue weighted by Crippen LogP contribution is 2.13. The number of nitrogens with zero attached hydrogens (tertiary/aromatic N) is 1. The zero-order chi connectivity index (χ0) is 23.1. The molecule has 0 spiro atoms. The van der Waals surface area contributed by atoms with E-state index < -0.39 is 30.7 Å². The van der Waals surface area contributed by atoms with E-state index in [1.165, 1.54) is 0 Å². The maximum Gasteiger partial charge on any atom is 0.408 e. The Labute approximate surface area is 186 Å². The van der Waals surface area contributed by atoms with Crippen LogP contribution in [0.25, 0.3) is 0 Å². The molecule has 0 aromatic heterocycles. The van der Waals surface area contributed by atoms with E-state index in [1.54, 1.807) is 18.7 Å². The summed E-state index contributed by atoms with van der Waals surface area (Å²) in [5, 5.41) is 16.0. The second-order valence-electron chi connectivity index (χ2n) is 7.61. The number of aliphatic hydroxyl groups excluding tert-OH is 1. The Morgan fingerprint density at radius 2 is 1.42 bits per heavy atom. The van der Waals surface area contributed by atoms with Crippen molar-refractivity contribution in [2.24, 2.45) is 0 Å². The molecule has 1 aromatic carbocycles. The number of ether oxygens (including phenoxy) is 2. The van der Waals surface area contributed by atoms with Crippen molar-refractivity contribution in [2.45, 2.75) is 78.4 Å². The van der Waals surface area contributed by atoms with Crippen molar-refractivity contribution in [3.05, 3.63) is 35.9 Å². The van der Waals surface area contributed by atoms with Crippen LogP contribution in [0.4, 0.5) is 9.59 Å². The van der Waals surface area contributed by atoms with Crippen LogP contribution in [0.2, 0.25) is 0 Å². The first-order chi connectivity index (χ1) is 14.9. The van der Waals surface area contributed by atoms with Gasteiger partial charge in [-0.2, -0.15) is 0 Å². The normalized spacial score (nSPS) is 13.9. The van der Waals surface area contributed by atoms with Gasteiger partial charge in [-0.05, 0) is 38.7 Å². The van der Waals surface area contributed by atoms with Crippen LogP contribution in [-0.4, -0.2) is 60.4 Å². The van der Waals surface area contributed by atoms with Crippen LogP contribution >= 0.6 is 0 Å². The fourth-order valence-electron chi connectivity index (χ4n) is 3.05. The van der Waals surface area contributed by atoms with E-state index in [1.807, 2.05) is 44.2 Å². The first-order valence-corrected chi connectivity index (χ1v) is 11.2. The minimum atomic E-state index is -0.731. The van der Waals surface area contributed by atoms with E-state index >= 15 is 0 Å². The summed E-state index contributed by atoms with van der Waals surface area (Å²) >= 11 is 0. The number of carbonyl (C=O) groups excluding carboxylic acids is 2. The zero-order valence-corrected chi connectivity index (χ0v) is 19.3. The second kappa shape index (κ2) is 15.5. The Kier molecular flexibility index (Phi) is 13.3. The minimum absolute atomic E-state index is 0.168. The predicted octanol–water partition coefficient (Wildman–Crippen LogP) is 3.64. The lowest BCUT2D eigenvalue weighted by Crippen LogP contribution is -2.50. The van der Waals surface area contributed by atoms with Crippen molar-refractivity contribution < 1.29 is 24.2 Å². The lowest BCUT2D eigenvalue weighted by Gasteiger charge is -2.34. The molecular formula is C23H39N3O5. The summed E-state index contributed by atoms with van der Waals surface area (Å²) in [5.74, 6) is 0. The number of unbranched alkanes of at least 4 members (excludes halogenated alkanes) is 2. The van der Waals surface area contributed by atoms with Crippen molar-refractivity contribution in [3.63, 3.8) is 0 Å². The summed E-state index contributed by atoms with van der Waals surface area (Å²) in [4.78, 5) is 25.8. The average Bonchev–Trinajstić information content (AvgIpc) is 2.73. The Hall–Kier alpha value is -2.32. The van der Waals surface area contributed by atoms with Gasteiger partial charge in [-0.1, -0.05) is 57.0 Å². The molecule has 0 saturated carbocycles. The van der Waals surface area contributed by atoms with Crippen molar-refractivity contribution in [1.82, 2.24) is 15.5 Å². The van der Waals surface area contributed by atoms with Gasteiger partial charge >= 0.3 is 12.2 Å². The number of carbonyl (C=O) groups is 2. The fourth-order valence-corrected chi connectivity index (χ4v) is 3.05. The maximum atomic E-state index is 12.1. The number of nitrogens with one attached hydrogen (secondary N) is 2. The molecule has 176 valence electrons. The molecular weight excluding hydrogens is 398 g/mol. The molecule has 0 aliphatic heterocycles. The molecule has 1 rings (SSSR count). The van der Waals surface area contributed by atoms with Gasteiger partial charge in [0.25, 0.3) is 0 Å². The Morgan fingerprint density at radius 3 is 1.87 bits per heavy atom. The molecule has 31 heavy (non-hydrogen) atoms. The van der Waals surface area contributed by atoms with Crippen LogP contribution in [-0.2, 0) is 15.9 Å². The van der Waals surface area contributed by atoms with Crippen LogP contribution in [0.3, 0.4) is 0 Å². The van der Waals surface area contributed by atoms with Crippen molar-refractivity contribution >= 4 is 12.2 Å². The van der Waals surface area contributed by atoms with E-state index in [2.05, 4.69) is 10.6 Å². The first-order valence-electron chi connectivity index (χ1n) is 11.2. The molecule has 0 heterocycles. The van der Waals surface area contributed by atoms with E-state index in [0.717, 1.165) is 31.2 Å². The molecule has 0 fully saturated rings. The number of amides is 2. The number of hydrogen-bond donors (Lipinski definition) is 3. The molecule has 0 bridgehead atoms. The summed E-state index contributed by atoms with van der Waals surface area (Å²) < 4.78 is 10.9. The van der Waals surface area contributed by atoms with Gasteiger partial charge in [-0.15, -0.1) is 0 Å². The number of benzene rings is 1. The molecule has 0 aliphatic rings. The molecule has 0 radical (unpaired) electrons. The smallest absolute Gasteiger partial charge is 0.408 e. The number of rotatable bonds is 14. The van der Waals surface area contributed by atoms with Gasteiger partial charge in [0.1, 0.15) is 0 Å². The Balaban J connectivity index is 2.74. The maximum absolute atomic E-state index is 12.1. The van der Waals surface area contributed by atoms with Crippen LogP contribution < -0.4 is 10.6 Å². The van der Waals surface area contributed by atoms with Gasteiger partial charge in [0.2, 0.25) is 0 Å². The van der Waals surface area contributed by atoms with Gasteiger partial charge in [-0.25, -0.2) is 14.5 Å². The molecule has 3 unspecified atom stereocenters. The number of aliphatic hydroxyl groups is 1. The van der Waals surface area contributed by atoms with E-state index in [4.69, 9.17) is 9.47 Å². The Bertz CT molecular complexity index is 599. The monoisotopic (exact) mass is 437 g/mol. The summed E-state index contributed by atoms with van der Waals surface area (Å²) in [6.45, 7) is 8.70. The van der Waals surface area contributed by atoms with Crippen LogP contribution in [0, 0.1) is 0 Å². The van der Waals surface area contributed by atoms with Crippen molar-refractivity contribution in [2.75, 3.05) is 19.6 Å². The number of hydrogen-bond acceptors (Lipinski definition) is 6. The molecule has 1 aromatic rings.